The third kappa shape index (κ3) is 2.27. The molecule has 18 heavy (non-hydrogen) atoms. The highest BCUT2D eigenvalue weighted by Crippen LogP contribution is 2.17. The minimum atomic E-state index is -0.343. The fourth-order valence-corrected chi connectivity index (χ4v) is 1.81. The van der Waals surface area contributed by atoms with Crippen molar-refractivity contribution in [3.63, 3.8) is 0 Å². The molecular weight excluding hydrogens is 231 g/mol. The van der Waals surface area contributed by atoms with E-state index in [1.165, 1.54) is 18.2 Å². The molecule has 92 valence electrons. The van der Waals surface area contributed by atoms with Gasteiger partial charge in [0.25, 0.3) is 0 Å². The third-order valence-corrected chi connectivity index (χ3v) is 2.78. The first kappa shape index (κ1) is 12.4. The van der Waals surface area contributed by atoms with Gasteiger partial charge in [0.05, 0.1) is 11.4 Å². The standard InChI is InChI=1S/C14H13FN2O/c1-8-6-11(15)4-5-12(8)14(18)13-7-9(2)16-17-10(13)3/h4-7H,1-3H3. The quantitative estimate of drug-likeness (QED) is 0.763. The number of carbonyl (C=O) groups is 1. The molecule has 0 fully saturated rings. The number of benzene rings is 1. The molecule has 0 aliphatic rings. The van der Waals surface area contributed by atoms with Gasteiger partial charge in [-0.05, 0) is 50.6 Å². The normalized spacial score (nSPS) is 10.4. The summed E-state index contributed by atoms with van der Waals surface area (Å²) in [5.41, 5.74) is 2.89. The number of halogens is 1. The van der Waals surface area contributed by atoms with Gasteiger partial charge in [0.2, 0.25) is 0 Å². The minimum absolute atomic E-state index is 0.150. The SMILES string of the molecule is Cc1cc(C(=O)c2ccc(F)cc2C)c(C)nn1. The Morgan fingerprint density at radius 1 is 1.06 bits per heavy atom. The first-order valence-corrected chi connectivity index (χ1v) is 5.61. The number of aryl methyl sites for hydroxylation is 3. The summed E-state index contributed by atoms with van der Waals surface area (Å²) in [6.07, 6.45) is 0. The number of ketones is 1. The van der Waals surface area contributed by atoms with Gasteiger partial charge in [-0.2, -0.15) is 10.2 Å². The van der Waals surface area contributed by atoms with Crippen molar-refractivity contribution in [2.24, 2.45) is 0 Å². The van der Waals surface area contributed by atoms with Crippen LogP contribution in [0, 0.1) is 26.6 Å². The fourth-order valence-electron chi connectivity index (χ4n) is 1.81. The van der Waals surface area contributed by atoms with E-state index in [2.05, 4.69) is 10.2 Å². The van der Waals surface area contributed by atoms with E-state index in [-0.39, 0.29) is 11.6 Å². The van der Waals surface area contributed by atoms with Crippen LogP contribution in [0.1, 0.15) is 32.9 Å². The molecule has 1 aromatic carbocycles. The topological polar surface area (TPSA) is 42.9 Å². The molecule has 0 aliphatic carbocycles. The van der Waals surface area contributed by atoms with E-state index in [4.69, 9.17) is 0 Å². The summed E-state index contributed by atoms with van der Waals surface area (Å²) in [6, 6.07) is 5.84. The van der Waals surface area contributed by atoms with Crippen molar-refractivity contribution in [2.45, 2.75) is 20.8 Å². The van der Waals surface area contributed by atoms with Gasteiger partial charge in [0, 0.05) is 11.1 Å². The van der Waals surface area contributed by atoms with Gasteiger partial charge in [-0.15, -0.1) is 0 Å². The number of carbonyl (C=O) groups excluding carboxylic acids is 1. The maximum atomic E-state index is 13.0. The molecule has 1 heterocycles. The van der Waals surface area contributed by atoms with Crippen LogP contribution in [0.15, 0.2) is 24.3 Å². The van der Waals surface area contributed by atoms with E-state index < -0.39 is 0 Å². The molecule has 0 N–H and O–H groups in total. The van der Waals surface area contributed by atoms with E-state index in [0.29, 0.717) is 28.1 Å². The first-order valence-electron chi connectivity index (χ1n) is 5.61. The van der Waals surface area contributed by atoms with Crippen molar-refractivity contribution < 1.29 is 9.18 Å². The highest BCUT2D eigenvalue weighted by Gasteiger charge is 2.15. The van der Waals surface area contributed by atoms with Crippen molar-refractivity contribution in [2.75, 3.05) is 0 Å². The Hall–Kier alpha value is -2.10. The second kappa shape index (κ2) is 4.64. The summed E-state index contributed by atoms with van der Waals surface area (Å²) in [5, 5.41) is 7.82. The highest BCUT2D eigenvalue weighted by atomic mass is 19.1. The Balaban J connectivity index is 2.51. The number of aromatic nitrogens is 2. The molecule has 0 spiro atoms. The van der Waals surface area contributed by atoms with Crippen LogP contribution in [-0.4, -0.2) is 16.0 Å². The monoisotopic (exact) mass is 244 g/mol. The molecule has 4 heteroatoms. The number of hydrogen-bond acceptors (Lipinski definition) is 3. The molecule has 0 bridgehead atoms. The van der Waals surface area contributed by atoms with Crippen LogP contribution >= 0.6 is 0 Å². The summed E-state index contributed by atoms with van der Waals surface area (Å²) in [4.78, 5) is 12.4. The minimum Gasteiger partial charge on any atom is -0.289 e. The molecule has 3 nitrogen and oxygen atoms in total. The Morgan fingerprint density at radius 3 is 2.44 bits per heavy atom. The molecule has 0 radical (unpaired) electrons. The average molecular weight is 244 g/mol. The lowest BCUT2D eigenvalue weighted by molar-refractivity contribution is 0.103. The van der Waals surface area contributed by atoms with Gasteiger partial charge in [-0.25, -0.2) is 4.39 Å². The molecule has 0 unspecified atom stereocenters. The summed E-state index contributed by atoms with van der Waals surface area (Å²) in [5.74, 6) is -0.493. The van der Waals surface area contributed by atoms with Crippen LogP contribution in [0.5, 0.6) is 0 Å². The van der Waals surface area contributed by atoms with Crippen LogP contribution in [0.25, 0.3) is 0 Å². The van der Waals surface area contributed by atoms with Crippen molar-refractivity contribution in [1.82, 2.24) is 10.2 Å². The van der Waals surface area contributed by atoms with E-state index in [1.54, 1.807) is 26.8 Å². The van der Waals surface area contributed by atoms with Crippen LogP contribution in [0.3, 0.4) is 0 Å². The largest absolute Gasteiger partial charge is 0.289 e. The first-order chi connectivity index (χ1) is 8.49. The number of hydrogen-bond donors (Lipinski definition) is 0. The van der Waals surface area contributed by atoms with Crippen molar-refractivity contribution in [1.29, 1.82) is 0 Å². The van der Waals surface area contributed by atoms with E-state index in [1.807, 2.05) is 0 Å². The van der Waals surface area contributed by atoms with Crippen LogP contribution in [0.2, 0.25) is 0 Å². The lowest BCUT2D eigenvalue weighted by Gasteiger charge is -2.07. The molecule has 0 saturated carbocycles. The lowest BCUT2D eigenvalue weighted by atomic mass is 9.98. The lowest BCUT2D eigenvalue weighted by Crippen LogP contribution is -2.08. The summed E-state index contributed by atoms with van der Waals surface area (Å²) in [6.45, 7) is 5.23. The summed E-state index contributed by atoms with van der Waals surface area (Å²) < 4.78 is 13.0. The van der Waals surface area contributed by atoms with Gasteiger partial charge in [-0.3, -0.25) is 4.79 Å². The van der Waals surface area contributed by atoms with Crippen molar-refractivity contribution in [3.8, 4) is 0 Å². The van der Waals surface area contributed by atoms with Crippen molar-refractivity contribution >= 4 is 5.78 Å². The Labute approximate surface area is 105 Å². The third-order valence-electron chi connectivity index (χ3n) is 2.78. The van der Waals surface area contributed by atoms with Crippen LogP contribution in [-0.2, 0) is 0 Å². The molecule has 0 amide bonds. The Kier molecular flexibility index (Phi) is 3.19. The Bertz CT molecular complexity index is 623. The number of rotatable bonds is 2. The molecule has 2 aromatic rings. The van der Waals surface area contributed by atoms with Crippen molar-refractivity contribution in [3.05, 3.63) is 58.2 Å². The smallest absolute Gasteiger partial charge is 0.195 e. The molecule has 2 rings (SSSR count). The van der Waals surface area contributed by atoms with Gasteiger partial charge in [-0.1, -0.05) is 0 Å². The molecular formula is C14H13FN2O. The number of nitrogens with zero attached hydrogens (tertiary/aromatic N) is 2. The molecule has 0 saturated heterocycles. The second-order valence-electron chi connectivity index (χ2n) is 4.27. The average Bonchev–Trinajstić information content (AvgIpc) is 2.31. The summed E-state index contributed by atoms with van der Waals surface area (Å²) >= 11 is 0. The van der Waals surface area contributed by atoms with Gasteiger partial charge in [0.15, 0.2) is 5.78 Å². The highest BCUT2D eigenvalue weighted by molar-refractivity contribution is 6.10. The Morgan fingerprint density at radius 2 is 1.78 bits per heavy atom. The molecule has 0 atom stereocenters. The van der Waals surface area contributed by atoms with Crippen LogP contribution < -0.4 is 0 Å². The molecule has 1 aromatic heterocycles. The maximum absolute atomic E-state index is 13.0. The van der Waals surface area contributed by atoms with Crippen LogP contribution in [0.4, 0.5) is 4.39 Å². The van der Waals surface area contributed by atoms with E-state index in [9.17, 15) is 9.18 Å². The maximum Gasteiger partial charge on any atom is 0.195 e. The van der Waals surface area contributed by atoms with Gasteiger partial charge in [0.1, 0.15) is 5.82 Å². The van der Waals surface area contributed by atoms with E-state index in [0.717, 1.165) is 0 Å². The van der Waals surface area contributed by atoms with Gasteiger partial charge >= 0.3 is 0 Å². The zero-order valence-electron chi connectivity index (χ0n) is 10.5. The zero-order chi connectivity index (χ0) is 13.3. The fraction of sp³-hybridized carbons (Fsp3) is 0.214. The predicted molar refractivity (Wildman–Crippen MR) is 66.1 cm³/mol. The predicted octanol–water partition coefficient (Wildman–Crippen LogP) is 2.77. The second-order valence-corrected chi connectivity index (χ2v) is 4.27. The summed E-state index contributed by atoms with van der Waals surface area (Å²) in [7, 11) is 0. The van der Waals surface area contributed by atoms with Gasteiger partial charge < -0.3 is 0 Å². The zero-order valence-corrected chi connectivity index (χ0v) is 10.5. The van der Waals surface area contributed by atoms with E-state index >= 15 is 0 Å². The molecule has 0 aliphatic heterocycles.